The van der Waals surface area contributed by atoms with Gasteiger partial charge < -0.3 is 10.1 Å². The first-order valence-corrected chi connectivity index (χ1v) is 4.99. The molecule has 0 amide bonds. The third-order valence-electron chi connectivity index (χ3n) is 3.64. The number of nitrogens with one attached hydrogen (secondary N) is 1. The van der Waals surface area contributed by atoms with Gasteiger partial charge >= 0.3 is 0 Å². The van der Waals surface area contributed by atoms with Gasteiger partial charge in [-0.1, -0.05) is 0 Å². The van der Waals surface area contributed by atoms with Crippen LogP contribution in [-0.4, -0.2) is 25.8 Å². The largest absolute Gasteiger partial charge is 0.375 e. The lowest BCUT2D eigenvalue weighted by atomic mass is 9.94. The maximum absolute atomic E-state index is 5.79. The van der Waals surface area contributed by atoms with Crippen molar-refractivity contribution in [1.82, 2.24) is 5.32 Å². The van der Waals surface area contributed by atoms with Crippen LogP contribution in [0.25, 0.3) is 0 Å². The molecule has 2 nitrogen and oxygen atoms in total. The van der Waals surface area contributed by atoms with Crippen molar-refractivity contribution in [2.24, 2.45) is 11.3 Å². The Labute approximate surface area is 74.7 Å². The minimum Gasteiger partial charge on any atom is -0.375 e. The van der Waals surface area contributed by atoms with Gasteiger partial charge in [-0.2, -0.15) is 0 Å². The highest BCUT2D eigenvalue weighted by Crippen LogP contribution is 2.62. The summed E-state index contributed by atoms with van der Waals surface area (Å²) in [7, 11) is 2.04. The van der Waals surface area contributed by atoms with Gasteiger partial charge in [0.05, 0.1) is 12.2 Å². The molecule has 0 aromatic rings. The number of ether oxygens (including phenoxy) is 1. The Balaban J connectivity index is 1.97. The second kappa shape index (κ2) is 2.71. The van der Waals surface area contributed by atoms with Crippen LogP contribution in [0.5, 0.6) is 0 Å². The van der Waals surface area contributed by atoms with Crippen molar-refractivity contribution in [2.75, 3.05) is 13.6 Å². The first-order chi connectivity index (χ1) is 5.69. The summed E-state index contributed by atoms with van der Waals surface area (Å²) in [5.41, 5.74) is 0.558. The normalized spacial score (nSPS) is 51.8. The molecule has 1 N–H and O–H groups in total. The van der Waals surface area contributed by atoms with Gasteiger partial charge in [-0.3, -0.25) is 0 Å². The number of rotatable bonds is 2. The molecule has 1 aliphatic carbocycles. The zero-order chi connectivity index (χ0) is 8.77. The molecule has 1 saturated heterocycles. The van der Waals surface area contributed by atoms with E-state index in [-0.39, 0.29) is 0 Å². The zero-order valence-corrected chi connectivity index (χ0v) is 8.26. The summed E-state index contributed by atoms with van der Waals surface area (Å²) in [6, 6.07) is 0. The first kappa shape index (κ1) is 8.52. The second-order valence-corrected chi connectivity index (χ2v) is 4.48. The van der Waals surface area contributed by atoms with E-state index in [1.54, 1.807) is 0 Å². The summed E-state index contributed by atoms with van der Waals surface area (Å²) in [6.07, 6.45) is 3.63. The molecule has 12 heavy (non-hydrogen) atoms. The predicted octanol–water partition coefficient (Wildman–Crippen LogP) is 1.41. The molecule has 2 rings (SSSR count). The average Bonchev–Trinajstić information content (AvgIpc) is 2.56. The van der Waals surface area contributed by atoms with E-state index >= 15 is 0 Å². The van der Waals surface area contributed by atoms with Crippen LogP contribution in [0.3, 0.4) is 0 Å². The quantitative estimate of drug-likeness (QED) is 0.675. The molecule has 4 atom stereocenters. The highest BCUT2D eigenvalue weighted by Gasteiger charge is 2.61. The van der Waals surface area contributed by atoms with Gasteiger partial charge in [-0.15, -0.1) is 0 Å². The van der Waals surface area contributed by atoms with Gasteiger partial charge in [0.1, 0.15) is 0 Å². The molecule has 0 aromatic heterocycles. The van der Waals surface area contributed by atoms with Gasteiger partial charge in [0.15, 0.2) is 0 Å². The second-order valence-electron chi connectivity index (χ2n) is 4.48. The molecular weight excluding hydrogens is 150 g/mol. The Morgan fingerprint density at radius 1 is 1.42 bits per heavy atom. The Kier molecular flexibility index (Phi) is 1.92. The van der Waals surface area contributed by atoms with Gasteiger partial charge in [0.25, 0.3) is 0 Å². The minimum atomic E-state index is 0.488. The van der Waals surface area contributed by atoms with E-state index in [4.69, 9.17) is 4.74 Å². The molecule has 2 heteroatoms. The number of hydrogen-bond donors (Lipinski definition) is 1. The summed E-state index contributed by atoms with van der Waals surface area (Å²) in [4.78, 5) is 0. The van der Waals surface area contributed by atoms with Gasteiger partial charge in [0, 0.05) is 5.41 Å². The Hall–Kier alpha value is -0.0800. The summed E-state index contributed by atoms with van der Waals surface area (Å²) in [5.74, 6) is 0.877. The zero-order valence-electron chi connectivity index (χ0n) is 8.26. The van der Waals surface area contributed by atoms with Crippen LogP contribution in [0.1, 0.15) is 26.7 Å². The fourth-order valence-corrected chi connectivity index (χ4v) is 2.90. The van der Waals surface area contributed by atoms with Crippen molar-refractivity contribution in [1.29, 1.82) is 0 Å². The van der Waals surface area contributed by atoms with Crippen LogP contribution in [0.4, 0.5) is 0 Å². The predicted molar refractivity (Wildman–Crippen MR) is 49.1 cm³/mol. The van der Waals surface area contributed by atoms with E-state index in [1.165, 1.54) is 19.4 Å². The van der Waals surface area contributed by atoms with Crippen molar-refractivity contribution >= 4 is 0 Å². The molecule has 1 spiro atoms. The fraction of sp³-hybridized carbons (Fsp3) is 1.00. The smallest absolute Gasteiger partial charge is 0.0611 e. The summed E-state index contributed by atoms with van der Waals surface area (Å²) >= 11 is 0. The van der Waals surface area contributed by atoms with Crippen molar-refractivity contribution < 1.29 is 4.74 Å². The topological polar surface area (TPSA) is 21.3 Å². The number of hydrogen-bond acceptors (Lipinski definition) is 2. The van der Waals surface area contributed by atoms with E-state index < -0.39 is 0 Å². The maximum Gasteiger partial charge on any atom is 0.0611 e. The lowest BCUT2D eigenvalue weighted by Crippen LogP contribution is -2.20. The van der Waals surface area contributed by atoms with Gasteiger partial charge in [-0.25, -0.2) is 0 Å². The molecule has 70 valence electrons. The van der Waals surface area contributed by atoms with Crippen molar-refractivity contribution in [3.05, 3.63) is 0 Å². The monoisotopic (exact) mass is 169 g/mol. The maximum atomic E-state index is 5.79. The summed E-state index contributed by atoms with van der Waals surface area (Å²) in [5, 5.41) is 3.26. The Bertz CT molecular complexity index is 183. The molecule has 0 radical (unpaired) electrons. The molecule has 0 bridgehead atoms. The first-order valence-electron chi connectivity index (χ1n) is 4.99. The van der Waals surface area contributed by atoms with Crippen LogP contribution in [0, 0.1) is 11.3 Å². The molecule has 0 aromatic carbocycles. The summed E-state index contributed by atoms with van der Waals surface area (Å²) in [6.45, 7) is 5.60. The molecule has 1 heterocycles. The van der Waals surface area contributed by atoms with Crippen molar-refractivity contribution in [2.45, 2.75) is 38.9 Å². The standard InChI is InChI=1S/C10H19NO/c1-7-4-10(8(2)12-7)5-9(10)6-11-3/h7-9,11H,4-6H2,1-3H3. The molecule has 1 aliphatic heterocycles. The van der Waals surface area contributed by atoms with E-state index in [9.17, 15) is 0 Å². The SMILES string of the molecule is CNCC1CC12CC(C)OC2C. The average molecular weight is 169 g/mol. The third-order valence-corrected chi connectivity index (χ3v) is 3.64. The van der Waals surface area contributed by atoms with Crippen LogP contribution in [0.15, 0.2) is 0 Å². The van der Waals surface area contributed by atoms with Crippen LogP contribution < -0.4 is 5.32 Å². The lowest BCUT2D eigenvalue weighted by molar-refractivity contribution is 0.0499. The van der Waals surface area contributed by atoms with E-state index in [0.717, 1.165) is 5.92 Å². The van der Waals surface area contributed by atoms with Gasteiger partial charge in [0.2, 0.25) is 0 Å². The van der Waals surface area contributed by atoms with E-state index in [0.29, 0.717) is 17.6 Å². The highest BCUT2D eigenvalue weighted by molar-refractivity contribution is 5.10. The lowest BCUT2D eigenvalue weighted by Gasteiger charge is -2.13. The van der Waals surface area contributed by atoms with Crippen LogP contribution in [-0.2, 0) is 4.74 Å². The van der Waals surface area contributed by atoms with Crippen molar-refractivity contribution in [3.8, 4) is 0 Å². The van der Waals surface area contributed by atoms with Crippen molar-refractivity contribution in [3.63, 3.8) is 0 Å². The van der Waals surface area contributed by atoms with Gasteiger partial charge in [-0.05, 0) is 46.2 Å². The molecule has 1 saturated carbocycles. The molecule has 2 fully saturated rings. The summed E-state index contributed by atoms with van der Waals surface area (Å²) < 4.78 is 5.79. The van der Waals surface area contributed by atoms with Crippen LogP contribution >= 0.6 is 0 Å². The minimum absolute atomic E-state index is 0.488. The molecule has 4 unspecified atom stereocenters. The van der Waals surface area contributed by atoms with Crippen LogP contribution in [0.2, 0.25) is 0 Å². The van der Waals surface area contributed by atoms with E-state index in [1.807, 2.05) is 7.05 Å². The fourth-order valence-electron chi connectivity index (χ4n) is 2.90. The highest BCUT2D eigenvalue weighted by atomic mass is 16.5. The van der Waals surface area contributed by atoms with E-state index in [2.05, 4.69) is 19.2 Å². The Morgan fingerprint density at radius 3 is 2.67 bits per heavy atom. The Morgan fingerprint density at radius 2 is 2.17 bits per heavy atom. The molecule has 2 aliphatic rings. The molecular formula is C10H19NO. The third kappa shape index (κ3) is 1.09.